The van der Waals surface area contributed by atoms with E-state index in [2.05, 4.69) is 0 Å². The molecule has 1 aliphatic rings. The first-order valence-electron chi connectivity index (χ1n) is 5.92. The fraction of sp³-hybridized carbons (Fsp3) is 0.333. The summed E-state index contributed by atoms with van der Waals surface area (Å²) in [6.07, 6.45) is -1.14. The number of halogens is 1. The zero-order valence-corrected chi connectivity index (χ0v) is 12.5. The molecule has 1 fully saturated rings. The first kappa shape index (κ1) is 15.7. The molecule has 0 unspecified atom stereocenters. The highest BCUT2D eigenvalue weighted by atomic mass is 35.5. The summed E-state index contributed by atoms with van der Waals surface area (Å²) in [6, 6.07) is 3.39. The summed E-state index contributed by atoms with van der Waals surface area (Å²) in [4.78, 5) is 23.1. The first-order valence-corrected chi connectivity index (χ1v) is 7.84. The highest BCUT2D eigenvalue weighted by molar-refractivity contribution is 7.89. The molecule has 0 aromatic heterocycles. The fourth-order valence-corrected chi connectivity index (χ4v) is 2.58. The minimum absolute atomic E-state index is 0.00758. The van der Waals surface area contributed by atoms with Gasteiger partial charge < -0.3 is 9.47 Å². The van der Waals surface area contributed by atoms with Crippen molar-refractivity contribution in [2.24, 2.45) is 5.14 Å². The Balaban J connectivity index is 2.25. The Morgan fingerprint density at radius 2 is 2.14 bits per heavy atom. The summed E-state index contributed by atoms with van der Waals surface area (Å²) in [5, 5.41) is 4.98. The molecule has 1 aliphatic heterocycles. The molecular weight excluding hydrogens is 322 g/mol. The van der Waals surface area contributed by atoms with E-state index in [9.17, 15) is 18.0 Å². The van der Waals surface area contributed by atoms with Crippen LogP contribution in [0.3, 0.4) is 0 Å². The lowest BCUT2D eigenvalue weighted by molar-refractivity contribution is -0.147. The van der Waals surface area contributed by atoms with E-state index in [4.69, 9.17) is 26.2 Å². The zero-order valence-electron chi connectivity index (χ0n) is 10.9. The van der Waals surface area contributed by atoms with Gasteiger partial charge in [0.15, 0.2) is 0 Å². The number of rotatable bonds is 3. The van der Waals surface area contributed by atoms with Gasteiger partial charge in [0.05, 0.1) is 15.5 Å². The summed E-state index contributed by atoms with van der Waals surface area (Å²) in [5.74, 6) is -1.56. The number of sulfonamides is 1. The van der Waals surface area contributed by atoms with Gasteiger partial charge in [0.1, 0.15) is 6.10 Å². The van der Waals surface area contributed by atoms with Crippen molar-refractivity contribution in [3.63, 3.8) is 0 Å². The third-order valence-electron chi connectivity index (χ3n) is 2.86. The normalized spacial score (nSPS) is 22.0. The summed E-state index contributed by atoms with van der Waals surface area (Å²) in [7, 11) is -3.98. The Labute approximate surface area is 126 Å². The number of carbonyl (C=O) groups excluding carboxylic acids is 2. The van der Waals surface area contributed by atoms with Gasteiger partial charge in [-0.25, -0.2) is 23.1 Å². The summed E-state index contributed by atoms with van der Waals surface area (Å²) in [6.45, 7) is 1.67. The molecule has 1 aromatic carbocycles. The number of ether oxygens (including phenoxy) is 2. The van der Waals surface area contributed by atoms with Crippen LogP contribution in [0, 0.1) is 0 Å². The smallest absolute Gasteiger partial charge is 0.347 e. The molecule has 21 heavy (non-hydrogen) atoms. The van der Waals surface area contributed by atoms with Crippen LogP contribution in [-0.2, 0) is 24.3 Å². The van der Waals surface area contributed by atoms with Crippen molar-refractivity contribution in [3.8, 4) is 0 Å². The van der Waals surface area contributed by atoms with Gasteiger partial charge in [-0.1, -0.05) is 11.6 Å². The second-order valence-electron chi connectivity index (χ2n) is 4.56. The van der Waals surface area contributed by atoms with Gasteiger partial charge >= 0.3 is 11.9 Å². The van der Waals surface area contributed by atoms with E-state index in [1.54, 1.807) is 6.92 Å². The second kappa shape index (κ2) is 5.63. The molecule has 1 saturated heterocycles. The van der Waals surface area contributed by atoms with Crippen LogP contribution in [0.15, 0.2) is 23.1 Å². The van der Waals surface area contributed by atoms with Crippen LogP contribution in [0.5, 0.6) is 0 Å². The van der Waals surface area contributed by atoms with Gasteiger partial charge in [0.2, 0.25) is 16.1 Å². The topological polar surface area (TPSA) is 113 Å². The maximum Gasteiger partial charge on any atom is 0.347 e. The van der Waals surface area contributed by atoms with Crippen LogP contribution in [0.1, 0.15) is 23.7 Å². The molecule has 0 amide bonds. The molecule has 2 atom stereocenters. The number of hydrogen-bond donors (Lipinski definition) is 1. The lowest BCUT2D eigenvalue weighted by atomic mass is 10.2. The van der Waals surface area contributed by atoms with Crippen LogP contribution < -0.4 is 5.14 Å². The molecule has 2 rings (SSSR count). The number of benzene rings is 1. The Bertz CT molecular complexity index is 702. The van der Waals surface area contributed by atoms with E-state index in [1.165, 1.54) is 12.1 Å². The monoisotopic (exact) mass is 333 g/mol. The average molecular weight is 334 g/mol. The van der Waals surface area contributed by atoms with E-state index in [1.807, 2.05) is 0 Å². The van der Waals surface area contributed by atoms with E-state index in [0.29, 0.717) is 0 Å². The minimum atomic E-state index is -3.98. The second-order valence-corrected chi connectivity index (χ2v) is 6.53. The summed E-state index contributed by atoms with van der Waals surface area (Å²) < 4.78 is 32.4. The van der Waals surface area contributed by atoms with Crippen LogP contribution in [0.4, 0.5) is 0 Å². The highest BCUT2D eigenvalue weighted by Gasteiger charge is 2.35. The SMILES string of the molecule is C[C@H]1C[C@H](OC(=O)c2cc(S(N)(=O)=O)ccc2Cl)C(=O)O1. The van der Waals surface area contributed by atoms with E-state index < -0.39 is 28.1 Å². The molecule has 0 radical (unpaired) electrons. The first-order chi connectivity index (χ1) is 9.68. The number of primary sulfonamides is 1. The average Bonchev–Trinajstić information content (AvgIpc) is 2.66. The lowest BCUT2D eigenvalue weighted by Crippen LogP contribution is -2.23. The fourth-order valence-electron chi connectivity index (χ4n) is 1.85. The van der Waals surface area contributed by atoms with E-state index in [0.717, 1.165) is 6.07 Å². The molecule has 1 heterocycles. The molecule has 0 aliphatic carbocycles. The van der Waals surface area contributed by atoms with Crippen molar-refractivity contribution in [1.82, 2.24) is 0 Å². The van der Waals surface area contributed by atoms with Crippen molar-refractivity contribution < 1.29 is 27.5 Å². The lowest BCUT2D eigenvalue weighted by Gasteiger charge is -2.10. The molecule has 0 bridgehead atoms. The Morgan fingerprint density at radius 1 is 1.48 bits per heavy atom. The van der Waals surface area contributed by atoms with Crippen LogP contribution in [0.25, 0.3) is 0 Å². The molecule has 0 spiro atoms. The Morgan fingerprint density at radius 3 is 2.67 bits per heavy atom. The molecule has 0 saturated carbocycles. The van der Waals surface area contributed by atoms with Crippen molar-refractivity contribution >= 4 is 33.6 Å². The predicted octanol–water partition coefficient (Wildman–Crippen LogP) is 0.848. The van der Waals surface area contributed by atoms with Crippen LogP contribution in [-0.4, -0.2) is 32.6 Å². The molecule has 1 aromatic rings. The number of esters is 2. The quantitative estimate of drug-likeness (QED) is 0.820. The van der Waals surface area contributed by atoms with E-state index in [-0.39, 0.29) is 28.0 Å². The van der Waals surface area contributed by atoms with E-state index >= 15 is 0 Å². The summed E-state index contributed by atoms with van der Waals surface area (Å²) in [5.41, 5.74) is -0.185. The van der Waals surface area contributed by atoms with Gasteiger partial charge in [-0.15, -0.1) is 0 Å². The van der Waals surface area contributed by atoms with Crippen LogP contribution >= 0.6 is 11.6 Å². The third kappa shape index (κ3) is 3.52. The predicted molar refractivity (Wildman–Crippen MR) is 72.2 cm³/mol. The van der Waals surface area contributed by atoms with Gasteiger partial charge in [0.25, 0.3) is 0 Å². The molecule has 7 nitrogen and oxygen atoms in total. The van der Waals surface area contributed by atoms with Gasteiger partial charge in [0, 0.05) is 6.42 Å². The van der Waals surface area contributed by atoms with Gasteiger partial charge in [-0.05, 0) is 25.1 Å². The largest absolute Gasteiger partial charge is 0.460 e. The minimum Gasteiger partial charge on any atom is -0.460 e. The highest BCUT2D eigenvalue weighted by Crippen LogP contribution is 2.24. The standard InChI is InChI=1S/C12H12ClNO6S/c1-6-4-10(12(16)19-6)20-11(15)8-5-7(21(14,17)18)2-3-9(8)13/h2-3,5-6,10H,4H2,1H3,(H2,14,17,18)/t6-,10-/m0/s1. The maximum absolute atomic E-state index is 12.0. The summed E-state index contributed by atoms with van der Waals surface area (Å²) >= 11 is 5.84. The zero-order chi connectivity index (χ0) is 15.8. The third-order valence-corrected chi connectivity index (χ3v) is 4.10. The van der Waals surface area contributed by atoms with Gasteiger partial charge in [-0.2, -0.15) is 0 Å². The number of carbonyl (C=O) groups is 2. The van der Waals surface area contributed by atoms with Crippen molar-refractivity contribution in [3.05, 3.63) is 28.8 Å². The molecule has 114 valence electrons. The van der Waals surface area contributed by atoms with Crippen LogP contribution in [0.2, 0.25) is 5.02 Å². The van der Waals surface area contributed by atoms with Crippen molar-refractivity contribution in [2.75, 3.05) is 0 Å². The number of cyclic esters (lactones) is 1. The Kier molecular flexibility index (Phi) is 4.22. The molecule has 9 heteroatoms. The number of nitrogens with two attached hydrogens (primary N) is 1. The Hall–Kier alpha value is -1.64. The molecule has 2 N–H and O–H groups in total. The maximum atomic E-state index is 12.0. The molecular formula is C12H12ClNO6S. The number of hydrogen-bond acceptors (Lipinski definition) is 6. The van der Waals surface area contributed by atoms with Gasteiger partial charge in [-0.3, -0.25) is 0 Å². The van der Waals surface area contributed by atoms with Crippen molar-refractivity contribution in [1.29, 1.82) is 0 Å². The van der Waals surface area contributed by atoms with Crippen molar-refractivity contribution in [2.45, 2.75) is 30.4 Å².